The van der Waals surface area contributed by atoms with Gasteiger partial charge in [0, 0.05) is 16.6 Å². The predicted octanol–water partition coefficient (Wildman–Crippen LogP) is 2.89. The number of rotatable bonds is 2. The van der Waals surface area contributed by atoms with Crippen LogP contribution in [0.15, 0.2) is 18.2 Å². The van der Waals surface area contributed by atoms with Crippen molar-refractivity contribution in [1.82, 2.24) is 10.2 Å². The van der Waals surface area contributed by atoms with E-state index < -0.39 is 0 Å². The molecule has 2 aromatic rings. The van der Waals surface area contributed by atoms with E-state index in [2.05, 4.69) is 24.0 Å². The Balaban J connectivity index is 2.66. The third-order valence-electron chi connectivity index (χ3n) is 2.57. The highest BCUT2D eigenvalue weighted by atomic mass is 16.1. The van der Waals surface area contributed by atoms with E-state index in [0.29, 0.717) is 5.92 Å². The quantitative estimate of drug-likeness (QED) is 0.761. The predicted molar refractivity (Wildman–Crippen MR) is 60.2 cm³/mol. The zero-order valence-corrected chi connectivity index (χ0v) is 9.16. The Morgan fingerprint density at radius 1 is 1.40 bits per heavy atom. The topological polar surface area (TPSA) is 45.8 Å². The van der Waals surface area contributed by atoms with E-state index in [-0.39, 0.29) is 5.78 Å². The smallest absolute Gasteiger partial charge is 0.159 e. The molecule has 1 N–H and O–H groups in total. The Kier molecular flexibility index (Phi) is 2.31. The average Bonchev–Trinajstić information content (AvgIpc) is 2.59. The minimum absolute atomic E-state index is 0.0906. The average molecular weight is 202 g/mol. The summed E-state index contributed by atoms with van der Waals surface area (Å²) in [7, 11) is 0. The summed E-state index contributed by atoms with van der Waals surface area (Å²) in [6.07, 6.45) is 0. The Bertz CT molecular complexity index is 511. The van der Waals surface area contributed by atoms with E-state index in [1.54, 1.807) is 6.92 Å². The molecular weight excluding hydrogens is 188 g/mol. The lowest BCUT2D eigenvalue weighted by atomic mass is 10.0. The maximum Gasteiger partial charge on any atom is 0.159 e. The number of ketones is 1. The van der Waals surface area contributed by atoms with Crippen LogP contribution < -0.4 is 0 Å². The number of nitrogens with zero attached hydrogens (tertiary/aromatic N) is 1. The first kappa shape index (κ1) is 9.90. The van der Waals surface area contributed by atoms with E-state index in [1.807, 2.05) is 18.2 Å². The number of benzene rings is 1. The largest absolute Gasteiger partial charge is 0.295 e. The van der Waals surface area contributed by atoms with Crippen molar-refractivity contribution in [1.29, 1.82) is 0 Å². The van der Waals surface area contributed by atoms with Gasteiger partial charge in [-0.2, -0.15) is 5.10 Å². The second-order valence-electron chi connectivity index (χ2n) is 4.08. The molecule has 2 rings (SSSR count). The van der Waals surface area contributed by atoms with Gasteiger partial charge in [-0.3, -0.25) is 9.89 Å². The summed E-state index contributed by atoms with van der Waals surface area (Å²) < 4.78 is 0. The molecule has 3 heteroatoms. The van der Waals surface area contributed by atoms with Crippen molar-refractivity contribution in [2.45, 2.75) is 26.7 Å². The fourth-order valence-electron chi connectivity index (χ4n) is 1.69. The van der Waals surface area contributed by atoms with E-state index >= 15 is 0 Å². The van der Waals surface area contributed by atoms with Crippen molar-refractivity contribution < 1.29 is 4.79 Å². The Labute approximate surface area is 88.5 Å². The molecule has 0 fully saturated rings. The Morgan fingerprint density at radius 2 is 2.13 bits per heavy atom. The maximum atomic E-state index is 11.3. The molecule has 0 aliphatic heterocycles. The standard InChI is InChI=1S/C12H14N2O/c1-7(2)12-10-6-9(8(3)15)4-5-11(10)13-14-12/h4-7H,1-3H3,(H,13,14). The number of hydrogen-bond donors (Lipinski definition) is 1. The summed E-state index contributed by atoms with van der Waals surface area (Å²) >= 11 is 0. The molecule has 3 nitrogen and oxygen atoms in total. The molecule has 0 bridgehead atoms. The van der Waals surface area contributed by atoms with Gasteiger partial charge >= 0.3 is 0 Å². The van der Waals surface area contributed by atoms with Crippen LogP contribution in [0.4, 0.5) is 0 Å². The van der Waals surface area contributed by atoms with Crippen LogP contribution in [0.25, 0.3) is 10.9 Å². The van der Waals surface area contributed by atoms with Gasteiger partial charge in [0.05, 0.1) is 5.52 Å². The van der Waals surface area contributed by atoms with Gasteiger partial charge in [-0.05, 0) is 31.0 Å². The maximum absolute atomic E-state index is 11.3. The zero-order valence-electron chi connectivity index (χ0n) is 9.16. The molecule has 1 heterocycles. The molecule has 78 valence electrons. The van der Waals surface area contributed by atoms with Crippen LogP contribution in [0.3, 0.4) is 0 Å². The molecule has 0 aliphatic carbocycles. The molecular formula is C12H14N2O. The zero-order chi connectivity index (χ0) is 11.0. The summed E-state index contributed by atoms with van der Waals surface area (Å²) in [6, 6.07) is 5.61. The molecule has 0 amide bonds. The first-order chi connectivity index (χ1) is 7.09. The monoisotopic (exact) mass is 202 g/mol. The van der Waals surface area contributed by atoms with Crippen molar-refractivity contribution in [3.05, 3.63) is 29.5 Å². The van der Waals surface area contributed by atoms with Crippen LogP contribution in [-0.4, -0.2) is 16.0 Å². The molecule has 0 radical (unpaired) electrons. The first-order valence-corrected chi connectivity index (χ1v) is 5.08. The van der Waals surface area contributed by atoms with E-state index in [1.165, 1.54) is 0 Å². The minimum Gasteiger partial charge on any atom is -0.295 e. The Hall–Kier alpha value is -1.64. The number of H-pyrrole nitrogens is 1. The van der Waals surface area contributed by atoms with Crippen LogP contribution >= 0.6 is 0 Å². The van der Waals surface area contributed by atoms with Crippen LogP contribution in [0.2, 0.25) is 0 Å². The van der Waals surface area contributed by atoms with Crippen molar-refractivity contribution in [2.75, 3.05) is 0 Å². The molecule has 0 atom stereocenters. The highest BCUT2D eigenvalue weighted by Gasteiger charge is 2.10. The molecule has 0 aliphatic rings. The number of hydrogen-bond acceptors (Lipinski definition) is 2. The number of carbonyl (C=O) groups is 1. The van der Waals surface area contributed by atoms with Gasteiger partial charge in [0.15, 0.2) is 5.78 Å². The van der Waals surface area contributed by atoms with Gasteiger partial charge in [-0.1, -0.05) is 13.8 Å². The molecule has 0 unspecified atom stereocenters. The van der Waals surface area contributed by atoms with Crippen molar-refractivity contribution >= 4 is 16.7 Å². The first-order valence-electron chi connectivity index (χ1n) is 5.08. The SMILES string of the molecule is CC(=O)c1ccc2n[nH]c(C(C)C)c2c1. The third-order valence-corrected chi connectivity index (χ3v) is 2.57. The fourth-order valence-corrected chi connectivity index (χ4v) is 1.69. The highest BCUT2D eigenvalue weighted by Crippen LogP contribution is 2.23. The third kappa shape index (κ3) is 1.65. The number of Topliss-reactive ketones (excluding diaryl/α,β-unsaturated/α-hetero) is 1. The van der Waals surface area contributed by atoms with E-state index in [0.717, 1.165) is 22.2 Å². The normalized spacial score (nSPS) is 11.2. The lowest BCUT2D eigenvalue weighted by Crippen LogP contribution is -1.92. The molecule has 0 saturated heterocycles. The van der Waals surface area contributed by atoms with Crippen LogP contribution in [0, 0.1) is 0 Å². The number of nitrogens with one attached hydrogen (secondary N) is 1. The van der Waals surface area contributed by atoms with Crippen molar-refractivity contribution in [3.8, 4) is 0 Å². The number of aromatic amines is 1. The van der Waals surface area contributed by atoms with Crippen LogP contribution in [0.5, 0.6) is 0 Å². The van der Waals surface area contributed by atoms with Gasteiger partial charge in [0.1, 0.15) is 0 Å². The molecule has 1 aromatic carbocycles. The lowest BCUT2D eigenvalue weighted by molar-refractivity contribution is 0.101. The van der Waals surface area contributed by atoms with Crippen molar-refractivity contribution in [2.24, 2.45) is 0 Å². The van der Waals surface area contributed by atoms with Crippen LogP contribution in [-0.2, 0) is 0 Å². The van der Waals surface area contributed by atoms with Gasteiger partial charge < -0.3 is 0 Å². The summed E-state index contributed by atoms with van der Waals surface area (Å²) in [5.74, 6) is 0.477. The van der Waals surface area contributed by atoms with Gasteiger partial charge in [0.25, 0.3) is 0 Å². The summed E-state index contributed by atoms with van der Waals surface area (Å²) in [4.78, 5) is 11.3. The molecule has 1 aromatic heterocycles. The van der Waals surface area contributed by atoms with Crippen LogP contribution in [0.1, 0.15) is 42.7 Å². The molecule has 0 spiro atoms. The Morgan fingerprint density at radius 3 is 2.73 bits per heavy atom. The lowest BCUT2D eigenvalue weighted by Gasteiger charge is -2.02. The van der Waals surface area contributed by atoms with E-state index in [4.69, 9.17) is 0 Å². The minimum atomic E-state index is 0.0906. The number of carbonyl (C=O) groups excluding carboxylic acids is 1. The van der Waals surface area contributed by atoms with Crippen molar-refractivity contribution in [3.63, 3.8) is 0 Å². The second kappa shape index (κ2) is 3.50. The fraction of sp³-hybridized carbons (Fsp3) is 0.333. The molecule has 15 heavy (non-hydrogen) atoms. The molecule has 0 saturated carbocycles. The van der Waals surface area contributed by atoms with Gasteiger partial charge in [-0.25, -0.2) is 0 Å². The van der Waals surface area contributed by atoms with E-state index in [9.17, 15) is 4.79 Å². The second-order valence-corrected chi connectivity index (χ2v) is 4.08. The summed E-state index contributed by atoms with van der Waals surface area (Å²) in [5.41, 5.74) is 2.75. The number of fused-ring (bicyclic) bond motifs is 1. The van der Waals surface area contributed by atoms with Gasteiger partial charge in [-0.15, -0.1) is 0 Å². The number of aromatic nitrogens is 2. The summed E-state index contributed by atoms with van der Waals surface area (Å²) in [5, 5.41) is 8.28. The van der Waals surface area contributed by atoms with Gasteiger partial charge in [0.2, 0.25) is 0 Å². The summed E-state index contributed by atoms with van der Waals surface area (Å²) in [6.45, 7) is 5.79. The highest BCUT2D eigenvalue weighted by molar-refractivity contribution is 5.98.